The van der Waals surface area contributed by atoms with Crippen molar-refractivity contribution >= 4 is 5.91 Å². The predicted molar refractivity (Wildman–Crippen MR) is 87.3 cm³/mol. The van der Waals surface area contributed by atoms with E-state index in [4.69, 9.17) is 0 Å². The summed E-state index contributed by atoms with van der Waals surface area (Å²) in [5.41, 5.74) is 0.784. The number of amides is 1. The second-order valence-electron chi connectivity index (χ2n) is 5.74. The number of piperidine rings is 1. The number of carbonyl (C=O) groups excluding carboxylic acids is 1. The van der Waals surface area contributed by atoms with Crippen LogP contribution in [0.4, 0.5) is 0 Å². The highest BCUT2D eigenvalue weighted by atomic mass is 16.2. The van der Waals surface area contributed by atoms with Crippen molar-refractivity contribution < 1.29 is 4.79 Å². The molecule has 3 heteroatoms. The normalized spacial score (nSPS) is 17.2. The predicted octanol–water partition coefficient (Wildman–Crippen LogP) is 2.73. The molecule has 0 unspecified atom stereocenters. The summed E-state index contributed by atoms with van der Waals surface area (Å²) >= 11 is 0. The smallest absolute Gasteiger partial charge is 0.233 e. The maximum atomic E-state index is 13.3. The number of hydrogen-bond donors (Lipinski definition) is 1. The van der Waals surface area contributed by atoms with E-state index in [1.807, 2.05) is 29.2 Å². The average Bonchev–Trinajstić information content (AvgIpc) is 2.55. The zero-order valence-electron chi connectivity index (χ0n) is 13.0. The fraction of sp³-hybridized carbons (Fsp3) is 0.500. The van der Waals surface area contributed by atoms with Crippen molar-refractivity contribution in [2.24, 2.45) is 0 Å². The summed E-state index contributed by atoms with van der Waals surface area (Å²) < 4.78 is 0. The van der Waals surface area contributed by atoms with Crippen molar-refractivity contribution in [1.82, 2.24) is 10.2 Å². The lowest BCUT2D eigenvalue weighted by atomic mass is 9.72. The van der Waals surface area contributed by atoms with E-state index >= 15 is 0 Å². The van der Waals surface area contributed by atoms with Crippen molar-refractivity contribution in [1.29, 1.82) is 0 Å². The third-order valence-corrected chi connectivity index (χ3v) is 4.32. The van der Waals surface area contributed by atoms with Gasteiger partial charge in [0, 0.05) is 13.1 Å². The Hall–Kier alpha value is -1.61. The first-order valence-corrected chi connectivity index (χ1v) is 7.91. The summed E-state index contributed by atoms with van der Waals surface area (Å²) in [7, 11) is 0. The van der Waals surface area contributed by atoms with Gasteiger partial charge in [-0.25, -0.2) is 0 Å². The molecule has 1 N–H and O–H groups in total. The highest BCUT2D eigenvalue weighted by molar-refractivity contribution is 5.88. The maximum Gasteiger partial charge on any atom is 0.233 e. The van der Waals surface area contributed by atoms with Gasteiger partial charge in [-0.3, -0.25) is 4.79 Å². The minimum Gasteiger partial charge on any atom is -0.338 e. The van der Waals surface area contributed by atoms with E-state index in [1.54, 1.807) is 0 Å². The zero-order valence-corrected chi connectivity index (χ0v) is 13.0. The Morgan fingerprint density at radius 1 is 1.33 bits per heavy atom. The number of benzene rings is 1. The van der Waals surface area contributed by atoms with Gasteiger partial charge in [0.2, 0.25) is 5.91 Å². The highest BCUT2D eigenvalue weighted by Crippen LogP contribution is 2.35. The lowest BCUT2D eigenvalue weighted by molar-refractivity contribution is -0.138. The monoisotopic (exact) mass is 286 g/mol. The number of nitrogens with one attached hydrogen (secondary N) is 1. The molecule has 0 aliphatic carbocycles. The summed E-state index contributed by atoms with van der Waals surface area (Å²) in [6, 6.07) is 10.3. The fourth-order valence-electron chi connectivity index (χ4n) is 3.24. The van der Waals surface area contributed by atoms with Crippen molar-refractivity contribution in [3.05, 3.63) is 48.6 Å². The summed E-state index contributed by atoms with van der Waals surface area (Å²) in [6.45, 7) is 9.14. The van der Waals surface area contributed by atoms with E-state index in [-0.39, 0.29) is 11.3 Å². The van der Waals surface area contributed by atoms with Gasteiger partial charge in [0.1, 0.15) is 0 Å². The van der Waals surface area contributed by atoms with Crippen LogP contribution >= 0.6 is 0 Å². The van der Waals surface area contributed by atoms with E-state index in [9.17, 15) is 4.79 Å². The van der Waals surface area contributed by atoms with Crippen LogP contribution in [0.3, 0.4) is 0 Å². The minimum absolute atomic E-state index is 0.261. The van der Waals surface area contributed by atoms with Crippen LogP contribution in [0.15, 0.2) is 43.0 Å². The second-order valence-corrected chi connectivity index (χ2v) is 5.74. The number of carbonyl (C=O) groups is 1. The number of nitrogens with zero attached hydrogens (tertiary/aromatic N) is 1. The van der Waals surface area contributed by atoms with Gasteiger partial charge in [0.05, 0.1) is 5.41 Å². The largest absolute Gasteiger partial charge is 0.338 e. The Kier molecular flexibility index (Phi) is 5.57. The summed E-state index contributed by atoms with van der Waals surface area (Å²) in [5, 5.41) is 3.38. The molecule has 1 aliphatic heterocycles. The lowest BCUT2D eigenvalue weighted by Gasteiger charge is -2.40. The van der Waals surface area contributed by atoms with E-state index in [0.29, 0.717) is 6.54 Å². The summed E-state index contributed by atoms with van der Waals surface area (Å²) in [5.74, 6) is 0.261. The molecular weight excluding hydrogens is 260 g/mol. The molecule has 0 bridgehead atoms. The van der Waals surface area contributed by atoms with Gasteiger partial charge in [-0.2, -0.15) is 0 Å². The second kappa shape index (κ2) is 7.41. The van der Waals surface area contributed by atoms with E-state index < -0.39 is 0 Å². The molecule has 1 fully saturated rings. The topological polar surface area (TPSA) is 32.3 Å². The Morgan fingerprint density at radius 3 is 2.57 bits per heavy atom. The molecule has 114 valence electrons. The van der Waals surface area contributed by atoms with Crippen LogP contribution in [0.25, 0.3) is 0 Å². The van der Waals surface area contributed by atoms with Crippen LogP contribution < -0.4 is 5.32 Å². The summed E-state index contributed by atoms with van der Waals surface area (Å²) in [6.07, 6.45) is 4.54. The molecule has 0 spiro atoms. The van der Waals surface area contributed by atoms with E-state index in [0.717, 1.165) is 44.5 Å². The Balaban J connectivity index is 2.35. The Morgan fingerprint density at radius 2 is 2.00 bits per heavy atom. The molecule has 0 saturated carbocycles. The van der Waals surface area contributed by atoms with Gasteiger partial charge in [-0.15, -0.1) is 6.58 Å². The van der Waals surface area contributed by atoms with Gasteiger partial charge in [0.15, 0.2) is 0 Å². The minimum atomic E-state index is -0.370. The third-order valence-electron chi connectivity index (χ3n) is 4.32. The van der Waals surface area contributed by atoms with Crippen LogP contribution in [0.2, 0.25) is 0 Å². The van der Waals surface area contributed by atoms with Crippen LogP contribution in [0.5, 0.6) is 0 Å². The van der Waals surface area contributed by atoms with Crippen LogP contribution in [-0.4, -0.2) is 37.0 Å². The van der Waals surface area contributed by atoms with Crippen molar-refractivity contribution in [2.45, 2.75) is 31.6 Å². The Bertz CT molecular complexity index is 463. The molecule has 1 amide bonds. The first-order chi connectivity index (χ1) is 10.2. The average molecular weight is 286 g/mol. The Labute approximate surface area is 128 Å². The zero-order chi connectivity index (χ0) is 15.1. The van der Waals surface area contributed by atoms with E-state index in [2.05, 4.69) is 31.0 Å². The van der Waals surface area contributed by atoms with Gasteiger partial charge in [0.25, 0.3) is 0 Å². The van der Waals surface area contributed by atoms with E-state index in [1.165, 1.54) is 0 Å². The quantitative estimate of drug-likeness (QED) is 0.816. The van der Waals surface area contributed by atoms with Gasteiger partial charge in [-0.05, 0) is 37.9 Å². The first-order valence-electron chi connectivity index (χ1n) is 7.91. The highest BCUT2D eigenvalue weighted by Gasteiger charge is 2.43. The molecule has 0 radical (unpaired) electrons. The molecule has 21 heavy (non-hydrogen) atoms. The molecule has 1 saturated heterocycles. The third kappa shape index (κ3) is 3.35. The van der Waals surface area contributed by atoms with Gasteiger partial charge >= 0.3 is 0 Å². The fourth-order valence-corrected chi connectivity index (χ4v) is 3.24. The molecule has 0 aromatic heterocycles. The standard InChI is InChI=1S/C18H26N2O/c1-3-14-20(15-4-2)17(21)18(10-12-19-13-11-18)16-8-6-5-7-9-16/h3,5-9,19H,1,4,10-15H2,2H3. The number of rotatable bonds is 6. The molecule has 0 atom stereocenters. The molecule has 1 aromatic rings. The number of hydrogen-bond acceptors (Lipinski definition) is 2. The maximum absolute atomic E-state index is 13.3. The molecule has 2 rings (SSSR count). The van der Waals surface area contributed by atoms with Crippen LogP contribution in [0.1, 0.15) is 31.7 Å². The van der Waals surface area contributed by atoms with Gasteiger partial charge in [-0.1, -0.05) is 43.3 Å². The molecule has 1 heterocycles. The molecule has 1 aliphatic rings. The summed E-state index contributed by atoms with van der Waals surface area (Å²) in [4.78, 5) is 15.2. The first kappa shape index (κ1) is 15.8. The van der Waals surface area contributed by atoms with Crippen molar-refractivity contribution in [3.8, 4) is 0 Å². The molecule has 1 aromatic carbocycles. The van der Waals surface area contributed by atoms with Gasteiger partial charge < -0.3 is 10.2 Å². The SMILES string of the molecule is C=CCN(CCC)C(=O)C1(c2ccccc2)CCNCC1. The van der Waals surface area contributed by atoms with Crippen molar-refractivity contribution in [3.63, 3.8) is 0 Å². The van der Waals surface area contributed by atoms with Crippen LogP contribution in [-0.2, 0) is 10.2 Å². The van der Waals surface area contributed by atoms with Crippen molar-refractivity contribution in [2.75, 3.05) is 26.2 Å². The molecule has 3 nitrogen and oxygen atoms in total. The lowest BCUT2D eigenvalue weighted by Crippen LogP contribution is -2.52. The molecular formula is C18H26N2O. The van der Waals surface area contributed by atoms with Crippen LogP contribution in [0, 0.1) is 0 Å².